The van der Waals surface area contributed by atoms with Crippen molar-refractivity contribution in [2.45, 2.75) is 20.4 Å². The lowest BCUT2D eigenvalue weighted by atomic mass is 10.1. The van der Waals surface area contributed by atoms with E-state index in [0.717, 1.165) is 6.07 Å². The molecule has 1 aromatic carbocycles. The third kappa shape index (κ3) is 2.35. The number of nitrogens with two attached hydrogens (primary N) is 1. The highest BCUT2D eigenvalue weighted by molar-refractivity contribution is 5.94. The van der Waals surface area contributed by atoms with Crippen molar-refractivity contribution in [3.8, 4) is 0 Å². The number of nitrogens with zero attached hydrogens (tertiary/aromatic N) is 1. The Morgan fingerprint density at radius 3 is 2.62 bits per heavy atom. The van der Waals surface area contributed by atoms with E-state index in [9.17, 15) is 18.4 Å². The number of carbonyl (C=O) groups is 1. The molecular weight excluding hydrogens is 282 g/mol. The molecule has 0 atom stereocenters. The van der Waals surface area contributed by atoms with E-state index in [-0.39, 0.29) is 29.6 Å². The second kappa shape index (κ2) is 5.51. The van der Waals surface area contributed by atoms with Crippen molar-refractivity contribution >= 4 is 22.6 Å². The smallest absolute Gasteiger partial charge is 0.343 e. The highest BCUT2D eigenvalue weighted by Gasteiger charge is 2.21. The summed E-state index contributed by atoms with van der Waals surface area (Å²) in [5.74, 6) is -2.88. The molecular formula is C14H14F2N2O3. The molecule has 0 fully saturated rings. The van der Waals surface area contributed by atoms with Crippen LogP contribution in [0.25, 0.3) is 10.9 Å². The van der Waals surface area contributed by atoms with E-state index < -0.39 is 28.7 Å². The van der Waals surface area contributed by atoms with Crippen LogP contribution < -0.4 is 11.2 Å². The molecule has 1 aromatic heterocycles. The normalized spacial score (nSPS) is 10.9. The van der Waals surface area contributed by atoms with Crippen LogP contribution in [0.15, 0.2) is 17.1 Å². The van der Waals surface area contributed by atoms with Crippen LogP contribution in [0.2, 0.25) is 0 Å². The number of aryl methyl sites for hydroxylation is 1. The average Bonchev–Trinajstić information content (AvgIpc) is 2.46. The molecule has 0 spiro atoms. The van der Waals surface area contributed by atoms with Gasteiger partial charge in [0, 0.05) is 12.7 Å². The second-order valence-electron chi connectivity index (χ2n) is 4.36. The number of halogens is 2. The summed E-state index contributed by atoms with van der Waals surface area (Å²) in [6, 6.07) is 0.838. The fourth-order valence-corrected chi connectivity index (χ4v) is 2.11. The van der Waals surface area contributed by atoms with Crippen molar-refractivity contribution in [1.82, 2.24) is 4.57 Å². The van der Waals surface area contributed by atoms with Gasteiger partial charge in [-0.1, -0.05) is 0 Å². The number of rotatable bonds is 3. The van der Waals surface area contributed by atoms with Crippen molar-refractivity contribution < 1.29 is 18.3 Å². The van der Waals surface area contributed by atoms with Gasteiger partial charge in [0.1, 0.15) is 17.1 Å². The zero-order chi connectivity index (χ0) is 15.7. The number of benzene rings is 1. The first-order valence-electron chi connectivity index (χ1n) is 6.40. The van der Waals surface area contributed by atoms with Crippen LogP contribution in [0.4, 0.5) is 14.5 Å². The van der Waals surface area contributed by atoms with Crippen molar-refractivity contribution in [2.75, 3.05) is 12.3 Å². The molecule has 2 rings (SSSR count). The molecule has 0 bridgehead atoms. The zero-order valence-electron chi connectivity index (χ0n) is 11.6. The maximum Gasteiger partial charge on any atom is 0.343 e. The maximum atomic E-state index is 14.1. The first kappa shape index (κ1) is 15.0. The summed E-state index contributed by atoms with van der Waals surface area (Å²) in [6.07, 6.45) is 1.20. The van der Waals surface area contributed by atoms with Crippen LogP contribution in [0.3, 0.4) is 0 Å². The van der Waals surface area contributed by atoms with Gasteiger partial charge in [0.05, 0.1) is 17.5 Å². The lowest BCUT2D eigenvalue weighted by Gasteiger charge is -2.13. The van der Waals surface area contributed by atoms with E-state index in [0.29, 0.717) is 0 Å². The molecule has 0 aliphatic carbocycles. The predicted molar refractivity (Wildman–Crippen MR) is 74.2 cm³/mol. The van der Waals surface area contributed by atoms with E-state index in [1.807, 2.05) is 0 Å². The minimum atomic E-state index is -1.04. The minimum absolute atomic E-state index is 0.0902. The third-order valence-electron chi connectivity index (χ3n) is 3.13. The van der Waals surface area contributed by atoms with Crippen molar-refractivity contribution in [1.29, 1.82) is 0 Å². The Bertz CT molecular complexity index is 784. The predicted octanol–water partition coefficient (Wildman–Crippen LogP) is 2.06. The van der Waals surface area contributed by atoms with Gasteiger partial charge in [0.2, 0.25) is 5.43 Å². The SMILES string of the molecule is CCOC(=O)c1cn(CC)c2c(F)c(N)c(F)cc2c1=O. The van der Waals surface area contributed by atoms with Gasteiger partial charge >= 0.3 is 5.97 Å². The number of carbonyl (C=O) groups excluding carboxylic acids is 1. The Morgan fingerprint density at radius 1 is 1.38 bits per heavy atom. The lowest BCUT2D eigenvalue weighted by molar-refractivity contribution is 0.0524. The number of nitrogen functional groups attached to an aromatic ring is 1. The van der Waals surface area contributed by atoms with Crippen molar-refractivity contribution in [3.63, 3.8) is 0 Å². The summed E-state index contributed by atoms with van der Waals surface area (Å²) in [7, 11) is 0. The standard InChI is InChI=1S/C14H14F2N2O3/c1-3-18-6-8(14(20)21-4-2)13(19)7-5-9(15)11(17)10(16)12(7)18/h5-6H,3-4,17H2,1-2H3. The van der Waals surface area contributed by atoms with Gasteiger partial charge in [0.25, 0.3) is 0 Å². The minimum Gasteiger partial charge on any atom is -0.462 e. The van der Waals surface area contributed by atoms with Gasteiger partial charge in [-0.3, -0.25) is 4.79 Å². The molecule has 0 aliphatic rings. The summed E-state index contributed by atoms with van der Waals surface area (Å²) in [4.78, 5) is 24.0. The Balaban J connectivity index is 2.90. The van der Waals surface area contributed by atoms with Gasteiger partial charge < -0.3 is 15.0 Å². The monoisotopic (exact) mass is 296 g/mol. The number of esters is 1. The van der Waals surface area contributed by atoms with E-state index in [2.05, 4.69) is 0 Å². The van der Waals surface area contributed by atoms with Crippen molar-refractivity contribution in [2.24, 2.45) is 0 Å². The molecule has 5 nitrogen and oxygen atoms in total. The van der Waals surface area contributed by atoms with E-state index in [4.69, 9.17) is 10.5 Å². The molecule has 0 unspecified atom stereocenters. The summed E-state index contributed by atoms with van der Waals surface area (Å²) in [5.41, 5.74) is 3.47. The largest absolute Gasteiger partial charge is 0.462 e. The Kier molecular flexibility index (Phi) is 3.93. The quantitative estimate of drug-likeness (QED) is 0.695. The number of anilines is 1. The highest BCUT2D eigenvalue weighted by Crippen LogP contribution is 2.24. The molecule has 0 radical (unpaired) electrons. The molecule has 2 N–H and O–H groups in total. The Hall–Kier alpha value is -2.44. The van der Waals surface area contributed by atoms with Crippen LogP contribution in [0, 0.1) is 11.6 Å². The van der Waals surface area contributed by atoms with Gasteiger partial charge in [-0.2, -0.15) is 0 Å². The molecule has 0 saturated carbocycles. The number of pyridine rings is 1. The molecule has 112 valence electrons. The first-order valence-corrected chi connectivity index (χ1v) is 6.40. The van der Waals surface area contributed by atoms with Gasteiger partial charge in [-0.15, -0.1) is 0 Å². The number of fused-ring (bicyclic) bond motifs is 1. The molecule has 1 heterocycles. The summed E-state index contributed by atoms with van der Waals surface area (Å²) in [6.45, 7) is 3.65. The van der Waals surface area contributed by atoms with Crippen LogP contribution in [-0.2, 0) is 11.3 Å². The highest BCUT2D eigenvalue weighted by atomic mass is 19.1. The van der Waals surface area contributed by atoms with Crippen LogP contribution in [-0.4, -0.2) is 17.1 Å². The molecule has 0 aliphatic heterocycles. The zero-order valence-corrected chi connectivity index (χ0v) is 11.6. The van der Waals surface area contributed by atoms with Gasteiger partial charge in [-0.25, -0.2) is 13.6 Å². The maximum absolute atomic E-state index is 14.1. The van der Waals surface area contributed by atoms with E-state index >= 15 is 0 Å². The van der Waals surface area contributed by atoms with E-state index in [1.165, 1.54) is 10.8 Å². The van der Waals surface area contributed by atoms with Crippen molar-refractivity contribution in [3.05, 3.63) is 39.7 Å². The summed E-state index contributed by atoms with van der Waals surface area (Å²) in [5, 5.41) is -0.244. The molecule has 0 amide bonds. The number of hydrogen-bond donors (Lipinski definition) is 1. The summed E-state index contributed by atoms with van der Waals surface area (Å²) >= 11 is 0. The summed E-state index contributed by atoms with van der Waals surface area (Å²) < 4.78 is 33.8. The number of hydrogen-bond acceptors (Lipinski definition) is 4. The molecule has 7 heteroatoms. The van der Waals surface area contributed by atoms with Crippen LogP contribution in [0.1, 0.15) is 24.2 Å². The Morgan fingerprint density at radius 2 is 2.05 bits per heavy atom. The Labute approximate surface area is 118 Å². The molecule has 0 saturated heterocycles. The first-order chi connectivity index (χ1) is 9.92. The molecule has 2 aromatic rings. The fourth-order valence-electron chi connectivity index (χ4n) is 2.11. The van der Waals surface area contributed by atoms with Gasteiger partial charge in [0.15, 0.2) is 5.82 Å². The van der Waals surface area contributed by atoms with E-state index in [1.54, 1.807) is 13.8 Å². The van der Waals surface area contributed by atoms with Crippen LogP contribution >= 0.6 is 0 Å². The van der Waals surface area contributed by atoms with Crippen LogP contribution in [0.5, 0.6) is 0 Å². The lowest BCUT2D eigenvalue weighted by Crippen LogP contribution is -2.22. The number of aromatic nitrogens is 1. The van der Waals surface area contributed by atoms with Gasteiger partial charge in [-0.05, 0) is 19.9 Å². The third-order valence-corrected chi connectivity index (χ3v) is 3.13. The second-order valence-corrected chi connectivity index (χ2v) is 4.36. The number of ether oxygens (including phenoxy) is 1. The topological polar surface area (TPSA) is 74.3 Å². The fraction of sp³-hybridized carbons (Fsp3) is 0.286. The molecule has 21 heavy (non-hydrogen) atoms. The average molecular weight is 296 g/mol.